The zero-order valence-corrected chi connectivity index (χ0v) is 12.0. The number of ether oxygens (including phenoxy) is 1. The van der Waals surface area contributed by atoms with Crippen LogP contribution in [0.3, 0.4) is 0 Å². The number of rotatable bonds is 8. The van der Waals surface area contributed by atoms with Gasteiger partial charge in [-0.05, 0) is 18.6 Å². The first-order chi connectivity index (χ1) is 9.38. The second kappa shape index (κ2) is 7.51. The van der Waals surface area contributed by atoms with Gasteiger partial charge in [-0.25, -0.2) is 21.9 Å². The molecule has 0 bridgehead atoms. The quantitative estimate of drug-likeness (QED) is 0.565. The summed E-state index contributed by atoms with van der Waals surface area (Å²) in [6.07, 6.45) is 1.85. The maximum Gasteiger partial charge on any atom is 0.243 e. The van der Waals surface area contributed by atoms with E-state index in [1.807, 2.05) is 6.92 Å². The fourth-order valence-electron chi connectivity index (χ4n) is 1.45. The van der Waals surface area contributed by atoms with Crippen LogP contribution in [-0.4, -0.2) is 28.2 Å². The fraction of sp³-hybridized carbons (Fsp3) is 0.500. The summed E-state index contributed by atoms with van der Waals surface area (Å²) in [5, 5.41) is 0. The highest BCUT2D eigenvalue weighted by molar-refractivity contribution is 7.89. The molecule has 0 heterocycles. The summed E-state index contributed by atoms with van der Waals surface area (Å²) < 4.78 is 57.5. The number of hydrogen-bond donors (Lipinski definition) is 2. The van der Waals surface area contributed by atoms with Crippen molar-refractivity contribution in [2.24, 2.45) is 0 Å². The number of nitrogens with one attached hydrogen (secondary N) is 1. The van der Waals surface area contributed by atoms with E-state index < -0.39 is 26.6 Å². The lowest BCUT2D eigenvalue weighted by Crippen LogP contribution is -2.28. The molecule has 0 amide bonds. The molecule has 0 aromatic heterocycles. The summed E-state index contributed by atoms with van der Waals surface area (Å²) in [7, 11) is -4.15. The van der Waals surface area contributed by atoms with Crippen molar-refractivity contribution in [3.05, 3.63) is 23.8 Å². The van der Waals surface area contributed by atoms with Crippen molar-refractivity contribution >= 4 is 15.7 Å². The topological polar surface area (TPSA) is 81.4 Å². The minimum absolute atomic E-state index is 0.0259. The molecule has 1 aromatic rings. The minimum Gasteiger partial charge on any atom is -0.399 e. The fourth-order valence-corrected chi connectivity index (χ4v) is 2.59. The first-order valence-corrected chi connectivity index (χ1v) is 7.68. The predicted molar refractivity (Wildman–Crippen MR) is 71.7 cm³/mol. The van der Waals surface area contributed by atoms with Crippen LogP contribution in [0.5, 0.6) is 0 Å². The molecule has 5 nitrogen and oxygen atoms in total. The van der Waals surface area contributed by atoms with E-state index in [4.69, 9.17) is 10.5 Å². The van der Waals surface area contributed by atoms with Crippen molar-refractivity contribution in [1.82, 2.24) is 4.72 Å². The van der Waals surface area contributed by atoms with Crippen LogP contribution in [0.1, 0.15) is 19.8 Å². The molecule has 8 heteroatoms. The van der Waals surface area contributed by atoms with Crippen LogP contribution in [0.15, 0.2) is 17.0 Å². The number of unbranched alkanes of at least 4 members (excludes halogenated alkanes) is 1. The third-order valence-corrected chi connectivity index (χ3v) is 3.95. The van der Waals surface area contributed by atoms with Crippen molar-refractivity contribution in [3.8, 4) is 0 Å². The van der Waals surface area contributed by atoms with E-state index in [-0.39, 0.29) is 18.8 Å². The van der Waals surface area contributed by atoms with Gasteiger partial charge in [-0.15, -0.1) is 0 Å². The zero-order chi connectivity index (χ0) is 15.2. The number of sulfonamides is 1. The molecule has 1 rings (SSSR count). The molecule has 0 unspecified atom stereocenters. The molecule has 0 atom stereocenters. The van der Waals surface area contributed by atoms with Crippen LogP contribution >= 0.6 is 0 Å². The standard InChI is InChI=1S/C12H18F2N2O3S/c1-2-3-5-19-6-4-16-20(17,18)11-8-9(15)7-10(13)12(11)14/h7-8,16H,2-6,15H2,1H3. The first kappa shape index (κ1) is 16.8. The molecule has 0 spiro atoms. The maximum absolute atomic E-state index is 13.5. The minimum atomic E-state index is -4.15. The lowest BCUT2D eigenvalue weighted by molar-refractivity contribution is 0.136. The maximum atomic E-state index is 13.5. The van der Waals surface area contributed by atoms with Crippen molar-refractivity contribution < 1.29 is 21.9 Å². The molecule has 0 fully saturated rings. The van der Waals surface area contributed by atoms with Gasteiger partial charge in [-0.1, -0.05) is 13.3 Å². The van der Waals surface area contributed by atoms with Gasteiger partial charge in [0.1, 0.15) is 4.90 Å². The molecular formula is C12H18F2N2O3S. The summed E-state index contributed by atoms with van der Waals surface area (Å²) in [5.41, 5.74) is 5.15. The van der Waals surface area contributed by atoms with Crippen LogP contribution in [0.2, 0.25) is 0 Å². The highest BCUT2D eigenvalue weighted by atomic mass is 32.2. The molecule has 0 aliphatic heterocycles. The molecule has 0 saturated heterocycles. The van der Waals surface area contributed by atoms with Gasteiger partial charge in [0.2, 0.25) is 10.0 Å². The Kier molecular flexibility index (Phi) is 6.31. The zero-order valence-electron chi connectivity index (χ0n) is 11.2. The lowest BCUT2D eigenvalue weighted by atomic mass is 10.3. The molecular weight excluding hydrogens is 290 g/mol. The largest absolute Gasteiger partial charge is 0.399 e. The van der Waals surface area contributed by atoms with Gasteiger partial charge >= 0.3 is 0 Å². The second-order valence-electron chi connectivity index (χ2n) is 4.18. The number of anilines is 1. The van der Waals surface area contributed by atoms with Crippen LogP contribution < -0.4 is 10.5 Å². The van der Waals surface area contributed by atoms with Crippen molar-refractivity contribution in [3.63, 3.8) is 0 Å². The molecule has 0 aliphatic carbocycles. The number of benzene rings is 1. The summed E-state index contributed by atoms with van der Waals surface area (Å²) in [6.45, 7) is 2.66. The normalized spacial score (nSPS) is 11.8. The van der Waals surface area contributed by atoms with Crippen molar-refractivity contribution in [1.29, 1.82) is 0 Å². The second-order valence-corrected chi connectivity index (χ2v) is 5.91. The third kappa shape index (κ3) is 4.69. The Balaban J connectivity index is 2.65. The Bertz CT molecular complexity index is 550. The Morgan fingerprint density at radius 3 is 2.65 bits per heavy atom. The van der Waals surface area contributed by atoms with Gasteiger partial charge in [0.15, 0.2) is 11.6 Å². The van der Waals surface area contributed by atoms with E-state index in [9.17, 15) is 17.2 Å². The van der Waals surface area contributed by atoms with Gasteiger partial charge in [0, 0.05) is 18.8 Å². The Morgan fingerprint density at radius 1 is 1.30 bits per heavy atom. The Labute approximate surface area is 117 Å². The van der Waals surface area contributed by atoms with E-state index in [0.29, 0.717) is 6.61 Å². The van der Waals surface area contributed by atoms with E-state index >= 15 is 0 Å². The SMILES string of the molecule is CCCCOCCNS(=O)(=O)c1cc(N)cc(F)c1F. The average Bonchev–Trinajstić information content (AvgIpc) is 2.37. The lowest BCUT2D eigenvalue weighted by Gasteiger charge is -2.09. The monoisotopic (exact) mass is 308 g/mol. The third-order valence-electron chi connectivity index (χ3n) is 2.49. The van der Waals surface area contributed by atoms with E-state index in [2.05, 4.69) is 4.72 Å². The van der Waals surface area contributed by atoms with E-state index in [1.54, 1.807) is 0 Å². The van der Waals surface area contributed by atoms with E-state index in [1.165, 1.54) is 0 Å². The van der Waals surface area contributed by atoms with Gasteiger partial charge in [-0.2, -0.15) is 0 Å². The van der Waals surface area contributed by atoms with Crippen LogP contribution in [0.4, 0.5) is 14.5 Å². The van der Waals surface area contributed by atoms with Crippen molar-refractivity contribution in [2.75, 3.05) is 25.5 Å². The summed E-state index contributed by atoms with van der Waals surface area (Å²) in [4.78, 5) is -0.802. The molecule has 114 valence electrons. The van der Waals surface area contributed by atoms with E-state index in [0.717, 1.165) is 25.0 Å². The first-order valence-electron chi connectivity index (χ1n) is 6.20. The predicted octanol–water partition coefficient (Wildman–Crippen LogP) is 1.64. The van der Waals surface area contributed by atoms with Crippen LogP contribution in [0.25, 0.3) is 0 Å². The van der Waals surface area contributed by atoms with Crippen molar-refractivity contribution in [2.45, 2.75) is 24.7 Å². The number of nitrogen functional groups attached to an aromatic ring is 1. The molecule has 0 aliphatic rings. The highest BCUT2D eigenvalue weighted by Gasteiger charge is 2.22. The van der Waals surface area contributed by atoms with Gasteiger partial charge < -0.3 is 10.5 Å². The molecule has 0 saturated carbocycles. The van der Waals surface area contributed by atoms with Gasteiger partial charge in [-0.3, -0.25) is 0 Å². The molecule has 20 heavy (non-hydrogen) atoms. The average molecular weight is 308 g/mol. The van der Waals surface area contributed by atoms with Gasteiger partial charge in [0.05, 0.1) is 6.61 Å². The van der Waals surface area contributed by atoms with Crippen LogP contribution in [0, 0.1) is 11.6 Å². The molecule has 3 N–H and O–H groups in total. The molecule has 1 aromatic carbocycles. The number of hydrogen-bond acceptors (Lipinski definition) is 4. The summed E-state index contributed by atoms with van der Waals surface area (Å²) in [5.74, 6) is -2.75. The van der Waals surface area contributed by atoms with Crippen LogP contribution in [-0.2, 0) is 14.8 Å². The summed E-state index contributed by atoms with van der Waals surface area (Å²) >= 11 is 0. The summed E-state index contributed by atoms with van der Waals surface area (Å²) in [6, 6.07) is 1.60. The number of nitrogens with two attached hydrogens (primary N) is 1. The Hall–Kier alpha value is -1.25. The smallest absolute Gasteiger partial charge is 0.243 e. The number of halogens is 2. The molecule has 0 radical (unpaired) electrons. The Morgan fingerprint density at radius 2 is 2.00 bits per heavy atom. The highest BCUT2D eigenvalue weighted by Crippen LogP contribution is 2.20. The van der Waals surface area contributed by atoms with Gasteiger partial charge in [0.25, 0.3) is 0 Å².